The average molecular weight is 121 g/mol. The summed E-state index contributed by atoms with van der Waals surface area (Å²) in [5.74, 6) is 0. The fourth-order valence-electron chi connectivity index (χ4n) is 0.385. The van der Waals surface area contributed by atoms with Gasteiger partial charge in [0.2, 0.25) is 0 Å². The molecule has 1 rings (SSSR count). The third-order valence-electron chi connectivity index (χ3n) is 0.667. The molecule has 1 heteroatoms. The fourth-order valence-corrected chi connectivity index (χ4v) is 0.385. The molecular weight excluding hydrogens is 112 g/mol. The Morgan fingerprint density at radius 3 is 0.875 bits per heavy atom. The molecule has 0 fully saturated rings. The van der Waals surface area contributed by atoms with E-state index in [9.17, 15) is 0 Å². The second kappa shape index (κ2) is 6.44. The van der Waals surface area contributed by atoms with Gasteiger partial charge < -0.3 is 0 Å². The molecule has 0 aromatic heterocycles. The predicted molar refractivity (Wildman–Crippen MR) is 38.1 cm³/mol. The van der Waals surface area contributed by atoms with Crippen molar-refractivity contribution < 1.29 is 0 Å². The van der Waals surface area contributed by atoms with E-state index in [1.807, 2.05) is 36.4 Å². The van der Waals surface area contributed by atoms with Gasteiger partial charge in [0.25, 0.3) is 0 Å². The Labute approximate surface area is 54.0 Å². The summed E-state index contributed by atoms with van der Waals surface area (Å²) in [4.78, 5) is 0. The lowest BCUT2D eigenvalue weighted by Crippen LogP contribution is -1.47. The van der Waals surface area contributed by atoms with E-state index < -0.39 is 0 Å². The van der Waals surface area contributed by atoms with Crippen molar-refractivity contribution in [1.29, 1.82) is 0 Å². The van der Waals surface area contributed by atoms with Crippen molar-refractivity contribution in [1.82, 2.24) is 0 Å². The van der Waals surface area contributed by atoms with E-state index >= 15 is 0 Å². The van der Waals surface area contributed by atoms with Crippen molar-refractivity contribution in [3.05, 3.63) is 36.4 Å². The molecule has 0 nitrogen and oxygen atoms in total. The van der Waals surface area contributed by atoms with E-state index in [1.165, 1.54) is 0 Å². The molecule has 0 atom stereocenters. The Morgan fingerprint density at radius 1 is 0.625 bits per heavy atom. The lowest BCUT2D eigenvalue weighted by Gasteiger charge is -1.69. The van der Waals surface area contributed by atoms with Gasteiger partial charge in [-0.3, -0.25) is 0 Å². The number of hydrogen-bond donors (Lipinski definition) is 0. The quantitative estimate of drug-likeness (QED) is 0.460. The zero-order valence-electron chi connectivity index (χ0n) is 4.96. The van der Waals surface area contributed by atoms with Gasteiger partial charge in [-0.05, 0) is 0 Å². The Bertz CT molecular complexity index is 76.3. The highest BCUT2D eigenvalue weighted by Gasteiger charge is 1.57. The van der Waals surface area contributed by atoms with Crippen molar-refractivity contribution in [2.75, 3.05) is 0 Å². The Hall–Kier alpha value is -0.563. The molecule has 0 saturated carbocycles. The first-order valence-electron chi connectivity index (χ1n) is 2.50. The summed E-state index contributed by atoms with van der Waals surface area (Å²) in [6.45, 7) is 1.81. The van der Waals surface area contributed by atoms with Crippen LogP contribution >= 0.6 is 0 Å². The average Bonchev–Trinajstić information content (AvgIpc) is 1.96. The largest absolute Gasteiger partial charge is 0.0759 e. The third kappa shape index (κ3) is 3.62. The topological polar surface area (TPSA) is 0 Å². The lowest BCUT2D eigenvalue weighted by molar-refractivity contribution is 1.72. The van der Waals surface area contributed by atoms with Crippen LogP contribution in [0.1, 0.15) is 0 Å². The van der Waals surface area contributed by atoms with Crippen molar-refractivity contribution in [3.8, 4) is 0 Å². The monoisotopic (exact) mass is 121 g/mol. The third-order valence-corrected chi connectivity index (χ3v) is 0.667. The molecule has 0 spiro atoms. The molecule has 0 N–H and O–H groups in total. The van der Waals surface area contributed by atoms with E-state index in [-0.39, 0.29) is 0 Å². The van der Waals surface area contributed by atoms with Gasteiger partial charge in [-0.25, -0.2) is 0 Å². The van der Waals surface area contributed by atoms with Crippen molar-refractivity contribution >= 4 is 10.2 Å². The molecule has 1 aromatic carbocycles. The molecule has 0 aliphatic carbocycles. The molecule has 0 aliphatic rings. The molecule has 1 aromatic rings. The van der Waals surface area contributed by atoms with Crippen LogP contribution < -0.4 is 0 Å². The second-order valence-electron chi connectivity index (χ2n) is 1.15. The van der Waals surface area contributed by atoms with Crippen LogP contribution in [-0.4, -0.2) is 10.2 Å². The molecule has 41 valence electrons. The van der Waals surface area contributed by atoms with Crippen LogP contribution in [0.3, 0.4) is 0 Å². The summed E-state index contributed by atoms with van der Waals surface area (Å²) < 4.78 is 0. The normalized spacial score (nSPS) is 6.75. The van der Waals surface area contributed by atoms with E-state index in [0.29, 0.717) is 0 Å². The van der Waals surface area contributed by atoms with Crippen LogP contribution in [-0.2, 0) is 0 Å². The Morgan fingerprint density at radius 2 is 0.750 bits per heavy atom. The molecule has 0 amide bonds. The smallest absolute Gasteiger partial charge is 0.0184 e. The van der Waals surface area contributed by atoms with Gasteiger partial charge in [-0.2, -0.15) is 0 Å². The minimum atomic E-state index is 1.81. The molecule has 0 unspecified atom stereocenters. The van der Waals surface area contributed by atoms with Gasteiger partial charge in [0.1, 0.15) is 0 Å². The summed E-state index contributed by atoms with van der Waals surface area (Å²) in [5, 5.41) is 0. The first-order valence-corrected chi connectivity index (χ1v) is 3.50. The highest BCUT2D eigenvalue weighted by Crippen LogP contribution is 1.79. The summed E-state index contributed by atoms with van der Waals surface area (Å²) >= 11 is 0. The second-order valence-corrected chi connectivity index (χ2v) is 1.15. The summed E-state index contributed by atoms with van der Waals surface area (Å²) in [5.41, 5.74) is 0. The van der Waals surface area contributed by atoms with Crippen LogP contribution in [0.2, 0.25) is 6.55 Å². The summed E-state index contributed by atoms with van der Waals surface area (Å²) in [6.07, 6.45) is 0. The number of rotatable bonds is 0. The van der Waals surface area contributed by atoms with Gasteiger partial charge in [-0.15, -0.1) is 0 Å². The Kier molecular flexibility index (Phi) is 5.98. The van der Waals surface area contributed by atoms with Gasteiger partial charge >= 0.3 is 0 Å². The summed E-state index contributed by atoms with van der Waals surface area (Å²) in [7, 11) is 2.97. The highest BCUT2D eigenvalue weighted by atomic mass is 28.1. The zero-order chi connectivity index (χ0) is 6.24. The maximum Gasteiger partial charge on any atom is 0.0184 e. The van der Waals surface area contributed by atoms with Crippen LogP contribution in [0.5, 0.6) is 0 Å². The molecule has 3 radical (unpaired) electrons. The lowest BCUT2D eigenvalue weighted by atomic mass is 10.4. The standard InChI is InChI=1S/C6H6.CH3Si/c1-2-4-6-5-3-1;1-2/h1-6H;1H3. The van der Waals surface area contributed by atoms with Crippen molar-refractivity contribution in [3.63, 3.8) is 0 Å². The Balaban J connectivity index is 0.000000222. The van der Waals surface area contributed by atoms with E-state index in [1.54, 1.807) is 6.55 Å². The van der Waals surface area contributed by atoms with Gasteiger partial charge in [0.15, 0.2) is 0 Å². The van der Waals surface area contributed by atoms with Crippen molar-refractivity contribution in [2.45, 2.75) is 6.55 Å². The molecule has 0 heterocycles. The first-order chi connectivity index (χ1) is 4.00. The van der Waals surface area contributed by atoms with E-state index in [2.05, 4.69) is 10.2 Å². The van der Waals surface area contributed by atoms with E-state index in [0.717, 1.165) is 0 Å². The highest BCUT2D eigenvalue weighted by molar-refractivity contribution is 6.05. The molecule has 8 heavy (non-hydrogen) atoms. The van der Waals surface area contributed by atoms with Crippen molar-refractivity contribution in [2.24, 2.45) is 0 Å². The maximum absolute atomic E-state index is 2.97. The molecule has 0 saturated heterocycles. The van der Waals surface area contributed by atoms with Crippen LogP contribution in [0.25, 0.3) is 0 Å². The molecule has 0 aliphatic heterocycles. The predicted octanol–water partition coefficient (Wildman–Crippen LogP) is 1.89. The van der Waals surface area contributed by atoms with E-state index in [4.69, 9.17) is 0 Å². The van der Waals surface area contributed by atoms with Crippen LogP contribution in [0.15, 0.2) is 36.4 Å². The van der Waals surface area contributed by atoms with Gasteiger partial charge in [-0.1, -0.05) is 42.9 Å². The van der Waals surface area contributed by atoms with Gasteiger partial charge in [0.05, 0.1) is 0 Å². The molecule has 0 bridgehead atoms. The molecular formula is C7H9Si. The maximum atomic E-state index is 2.97. The number of benzene rings is 1. The minimum Gasteiger partial charge on any atom is -0.0759 e. The van der Waals surface area contributed by atoms with Gasteiger partial charge in [0, 0.05) is 10.2 Å². The van der Waals surface area contributed by atoms with Crippen LogP contribution in [0, 0.1) is 0 Å². The van der Waals surface area contributed by atoms with Crippen LogP contribution in [0.4, 0.5) is 0 Å². The minimum absolute atomic E-state index is 1.81. The first kappa shape index (κ1) is 7.44. The number of hydrogen-bond acceptors (Lipinski definition) is 0. The SMILES string of the molecule is C[Si].c1ccccc1. The fraction of sp³-hybridized carbons (Fsp3) is 0.143. The summed E-state index contributed by atoms with van der Waals surface area (Å²) in [6, 6.07) is 12.0. The zero-order valence-corrected chi connectivity index (χ0v) is 5.96.